The fraction of sp³-hybridized carbons (Fsp3) is 0.200. The molecular weight excluding hydrogens is 272 g/mol. The third-order valence-electron chi connectivity index (χ3n) is 3.05. The molecule has 0 bridgehead atoms. The standard InChI is InChI=1S/C15H14N2O4/c1-9-7-11-12(20-9)5-6-16-14(11)17-8-10-3-4-13(21-10)15(18)19-2/h3-7H,8H2,1-2H3,(H,16,17). The molecule has 21 heavy (non-hydrogen) atoms. The van der Waals surface area contributed by atoms with E-state index < -0.39 is 5.97 Å². The zero-order chi connectivity index (χ0) is 14.8. The van der Waals surface area contributed by atoms with Crippen LogP contribution in [0, 0.1) is 6.92 Å². The number of esters is 1. The van der Waals surface area contributed by atoms with Gasteiger partial charge in [-0.15, -0.1) is 0 Å². The van der Waals surface area contributed by atoms with Crippen molar-refractivity contribution in [3.8, 4) is 0 Å². The molecule has 1 N–H and O–H groups in total. The van der Waals surface area contributed by atoms with Gasteiger partial charge in [-0.25, -0.2) is 9.78 Å². The number of rotatable bonds is 4. The molecule has 0 aromatic carbocycles. The Labute approximate surface area is 120 Å². The number of aryl methyl sites for hydroxylation is 1. The predicted octanol–water partition coefficient (Wildman–Crippen LogP) is 3.13. The van der Waals surface area contributed by atoms with Crippen LogP contribution in [0.5, 0.6) is 0 Å². The normalized spacial score (nSPS) is 10.8. The lowest BCUT2D eigenvalue weighted by Crippen LogP contribution is -2.01. The van der Waals surface area contributed by atoms with E-state index in [0.29, 0.717) is 18.1 Å². The summed E-state index contributed by atoms with van der Waals surface area (Å²) in [6, 6.07) is 7.04. The average Bonchev–Trinajstić information content (AvgIpc) is 3.09. The van der Waals surface area contributed by atoms with Gasteiger partial charge in [0.25, 0.3) is 0 Å². The minimum Gasteiger partial charge on any atom is -0.463 e. The van der Waals surface area contributed by atoms with Crippen molar-refractivity contribution in [1.29, 1.82) is 0 Å². The highest BCUT2D eigenvalue weighted by molar-refractivity contribution is 5.88. The number of carbonyl (C=O) groups is 1. The third-order valence-corrected chi connectivity index (χ3v) is 3.05. The van der Waals surface area contributed by atoms with Crippen molar-refractivity contribution >= 4 is 22.8 Å². The Morgan fingerprint density at radius 1 is 1.33 bits per heavy atom. The van der Waals surface area contributed by atoms with Crippen LogP contribution in [0.25, 0.3) is 11.0 Å². The van der Waals surface area contributed by atoms with Crippen LogP contribution in [-0.4, -0.2) is 18.1 Å². The first-order valence-electron chi connectivity index (χ1n) is 6.43. The molecule has 6 nitrogen and oxygen atoms in total. The number of hydrogen-bond acceptors (Lipinski definition) is 6. The van der Waals surface area contributed by atoms with E-state index in [1.54, 1.807) is 18.3 Å². The van der Waals surface area contributed by atoms with Gasteiger partial charge in [-0.05, 0) is 31.2 Å². The smallest absolute Gasteiger partial charge is 0.373 e. The summed E-state index contributed by atoms with van der Waals surface area (Å²) in [5.41, 5.74) is 0.777. The second-order valence-electron chi connectivity index (χ2n) is 4.54. The van der Waals surface area contributed by atoms with E-state index >= 15 is 0 Å². The average molecular weight is 286 g/mol. The van der Waals surface area contributed by atoms with Gasteiger partial charge in [0.05, 0.1) is 19.0 Å². The van der Waals surface area contributed by atoms with E-state index in [2.05, 4.69) is 15.0 Å². The Morgan fingerprint density at radius 2 is 2.19 bits per heavy atom. The largest absolute Gasteiger partial charge is 0.463 e. The van der Waals surface area contributed by atoms with Crippen LogP contribution in [0.1, 0.15) is 22.1 Å². The molecule has 3 aromatic rings. The Bertz CT molecular complexity index is 788. The summed E-state index contributed by atoms with van der Waals surface area (Å²) in [7, 11) is 1.31. The van der Waals surface area contributed by atoms with Crippen LogP contribution < -0.4 is 5.32 Å². The number of ether oxygens (including phenoxy) is 1. The van der Waals surface area contributed by atoms with Gasteiger partial charge in [0.2, 0.25) is 5.76 Å². The number of pyridine rings is 1. The van der Waals surface area contributed by atoms with Crippen molar-refractivity contribution in [3.63, 3.8) is 0 Å². The third kappa shape index (κ3) is 2.60. The first kappa shape index (κ1) is 13.2. The minimum atomic E-state index is -0.494. The minimum absolute atomic E-state index is 0.180. The van der Waals surface area contributed by atoms with Gasteiger partial charge >= 0.3 is 5.97 Å². The summed E-state index contributed by atoms with van der Waals surface area (Å²) in [6.45, 7) is 2.30. The molecule has 0 saturated carbocycles. The van der Waals surface area contributed by atoms with Crippen molar-refractivity contribution in [2.45, 2.75) is 13.5 Å². The molecule has 0 atom stereocenters. The monoisotopic (exact) mass is 286 g/mol. The molecule has 0 unspecified atom stereocenters. The number of methoxy groups -OCH3 is 1. The molecule has 0 radical (unpaired) electrons. The summed E-state index contributed by atoms with van der Waals surface area (Å²) in [6.07, 6.45) is 1.68. The van der Waals surface area contributed by atoms with Crippen LogP contribution in [0.15, 0.2) is 39.3 Å². The summed E-state index contributed by atoms with van der Waals surface area (Å²) >= 11 is 0. The topological polar surface area (TPSA) is 77.5 Å². The molecule has 0 saturated heterocycles. The number of carbonyl (C=O) groups excluding carboxylic acids is 1. The number of fused-ring (bicyclic) bond motifs is 1. The van der Waals surface area contributed by atoms with E-state index in [4.69, 9.17) is 8.83 Å². The number of nitrogens with zero attached hydrogens (tertiary/aromatic N) is 1. The molecule has 108 valence electrons. The maximum atomic E-state index is 11.3. The number of hydrogen-bond donors (Lipinski definition) is 1. The van der Waals surface area contributed by atoms with Gasteiger partial charge in [0.1, 0.15) is 22.9 Å². The lowest BCUT2D eigenvalue weighted by molar-refractivity contribution is 0.0563. The van der Waals surface area contributed by atoms with Gasteiger partial charge < -0.3 is 18.9 Å². The molecule has 0 amide bonds. The summed E-state index contributed by atoms with van der Waals surface area (Å²) in [5.74, 6) is 1.84. The highest BCUT2D eigenvalue weighted by Gasteiger charge is 2.12. The van der Waals surface area contributed by atoms with E-state index in [1.807, 2.05) is 19.1 Å². The number of aromatic nitrogens is 1. The zero-order valence-electron chi connectivity index (χ0n) is 11.7. The summed E-state index contributed by atoms with van der Waals surface area (Å²) in [4.78, 5) is 15.6. The van der Waals surface area contributed by atoms with Crippen molar-refractivity contribution in [2.24, 2.45) is 0 Å². The van der Waals surface area contributed by atoms with Gasteiger partial charge in [-0.2, -0.15) is 0 Å². The second kappa shape index (κ2) is 5.32. The Balaban J connectivity index is 1.77. The Morgan fingerprint density at radius 3 is 3.00 bits per heavy atom. The number of furan rings is 2. The highest BCUT2D eigenvalue weighted by Crippen LogP contribution is 2.25. The van der Waals surface area contributed by atoms with Crippen LogP contribution >= 0.6 is 0 Å². The van der Waals surface area contributed by atoms with Crippen molar-refractivity contribution < 1.29 is 18.4 Å². The van der Waals surface area contributed by atoms with Crippen molar-refractivity contribution in [3.05, 3.63) is 47.7 Å². The molecule has 0 aliphatic heterocycles. The molecule has 0 spiro atoms. The highest BCUT2D eigenvalue weighted by atomic mass is 16.5. The van der Waals surface area contributed by atoms with Crippen LogP contribution in [-0.2, 0) is 11.3 Å². The lowest BCUT2D eigenvalue weighted by atomic mass is 10.3. The van der Waals surface area contributed by atoms with E-state index in [-0.39, 0.29) is 5.76 Å². The van der Waals surface area contributed by atoms with Crippen LogP contribution in [0.2, 0.25) is 0 Å². The molecule has 3 rings (SSSR count). The van der Waals surface area contributed by atoms with Gasteiger partial charge in [0.15, 0.2) is 0 Å². The molecule has 6 heteroatoms. The number of anilines is 1. The molecule has 3 aromatic heterocycles. The predicted molar refractivity (Wildman–Crippen MR) is 76.1 cm³/mol. The van der Waals surface area contributed by atoms with Crippen molar-refractivity contribution in [2.75, 3.05) is 12.4 Å². The fourth-order valence-electron chi connectivity index (χ4n) is 2.09. The Hall–Kier alpha value is -2.76. The molecular formula is C15H14N2O4. The van der Waals surface area contributed by atoms with E-state index in [1.165, 1.54) is 7.11 Å². The maximum Gasteiger partial charge on any atom is 0.373 e. The number of nitrogens with one attached hydrogen (secondary N) is 1. The molecule has 0 aliphatic carbocycles. The quantitative estimate of drug-likeness (QED) is 0.742. The van der Waals surface area contributed by atoms with E-state index in [0.717, 1.165) is 16.7 Å². The van der Waals surface area contributed by atoms with Gasteiger partial charge in [0, 0.05) is 6.20 Å². The summed E-state index contributed by atoms with van der Waals surface area (Å²) < 4.78 is 15.5. The molecule has 0 fully saturated rings. The summed E-state index contributed by atoms with van der Waals surface area (Å²) in [5, 5.41) is 4.08. The van der Waals surface area contributed by atoms with Crippen LogP contribution in [0.4, 0.5) is 5.82 Å². The van der Waals surface area contributed by atoms with Gasteiger partial charge in [-0.1, -0.05) is 0 Å². The Kier molecular flexibility index (Phi) is 3.35. The maximum absolute atomic E-state index is 11.3. The SMILES string of the molecule is COC(=O)c1ccc(CNc2nccc3oc(C)cc23)o1. The fourth-order valence-corrected chi connectivity index (χ4v) is 2.09. The second-order valence-corrected chi connectivity index (χ2v) is 4.54. The first-order chi connectivity index (χ1) is 10.2. The zero-order valence-corrected chi connectivity index (χ0v) is 11.7. The van der Waals surface area contributed by atoms with E-state index in [9.17, 15) is 4.79 Å². The first-order valence-corrected chi connectivity index (χ1v) is 6.43. The van der Waals surface area contributed by atoms with Crippen LogP contribution in [0.3, 0.4) is 0 Å². The molecule has 3 heterocycles. The molecule has 0 aliphatic rings. The van der Waals surface area contributed by atoms with Crippen molar-refractivity contribution in [1.82, 2.24) is 4.98 Å². The van der Waals surface area contributed by atoms with Gasteiger partial charge in [-0.3, -0.25) is 0 Å². The lowest BCUT2D eigenvalue weighted by Gasteiger charge is -2.04.